The molecule has 0 amide bonds. The Hall–Kier alpha value is -2.38. The molecule has 0 aliphatic heterocycles. The van der Waals surface area contributed by atoms with Gasteiger partial charge in [-0.25, -0.2) is 9.78 Å². The van der Waals surface area contributed by atoms with Crippen LogP contribution < -0.4 is 11.2 Å². The van der Waals surface area contributed by atoms with Gasteiger partial charge in [0.15, 0.2) is 11.2 Å². The lowest BCUT2D eigenvalue weighted by Gasteiger charge is -2.07. The predicted molar refractivity (Wildman–Crippen MR) is 62.5 cm³/mol. The number of rotatable bonds is 3. The highest BCUT2D eigenvalue weighted by atomic mass is 16.4. The van der Waals surface area contributed by atoms with Crippen LogP contribution in [0.5, 0.6) is 0 Å². The number of aryl methyl sites for hydroxylation is 2. The van der Waals surface area contributed by atoms with Gasteiger partial charge in [-0.05, 0) is 0 Å². The molecule has 18 heavy (non-hydrogen) atoms. The minimum Gasteiger partial charge on any atom is -0.481 e. The highest BCUT2D eigenvalue weighted by Crippen LogP contribution is 2.02. The first kappa shape index (κ1) is 12.1. The summed E-state index contributed by atoms with van der Waals surface area (Å²) in [5, 5.41) is 8.61. The minimum atomic E-state index is -1.06. The third-order valence-electron chi connectivity index (χ3n) is 2.75. The van der Waals surface area contributed by atoms with E-state index in [1.165, 1.54) is 22.5 Å². The van der Waals surface area contributed by atoms with Gasteiger partial charge in [0.25, 0.3) is 5.56 Å². The maximum Gasteiger partial charge on any atom is 0.332 e. The molecule has 0 bridgehead atoms. The Morgan fingerprint density at radius 2 is 2.06 bits per heavy atom. The summed E-state index contributed by atoms with van der Waals surface area (Å²) in [5.74, 6) is -1.06. The van der Waals surface area contributed by atoms with Crippen LogP contribution in [0.2, 0.25) is 0 Å². The Balaban J connectivity index is 2.73. The number of carboxylic acid groups (broad SMARTS) is 1. The van der Waals surface area contributed by atoms with E-state index in [2.05, 4.69) is 4.98 Å². The topological polar surface area (TPSA) is 99.1 Å². The molecule has 1 N–H and O–H groups in total. The zero-order chi connectivity index (χ0) is 13.4. The molecule has 0 radical (unpaired) electrons. The molecule has 2 heterocycles. The van der Waals surface area contributed by atoms with Crippen LogP contribution in [0.3, 0.4) is 0 Å². The molecule has 0 saturated heterocycles. The molecule has 0 aromatic carbocycles. The molecule has 0 atom stereocenters. The van der Waals surface area contributed by atoms with Gasteiger partial charge >= 0.3 is 11.7 Å². The summed E-state index contributed by atoms with van der Waals surface area (Å²) >= 11 is 0. The Kier molecular flexibility index (Phi) is 2.77. The first-order valence-corrected chi connectivity index (χ1v) is 5.26. The van der Waals surface area contributed by atoms with Gasteiger partial charge in [-0.1, -0.05) is 0 Å². The number of imidazole rings is 1. The van der Waals surface area contributed by atoms with E-state index in [0.717, 1.165) is 4.57 Å². The van der Waals surface area contributed by atoms with Gasteiger partial charge in [0.05, 0.1) is 12.7 Å². The van der Waals surface area contributed by atoms with E-state index in [0.29, 0.717) is 5.65 Å². The number of fused-ring (bicyclic) bond motifs is 1. The van der Waals surface area contributed by atoms with Gasteiger partial charge in [0.1, 0.15) is 0 Å². The molecule has 0 aliphatic rings. The Bertz CT molecular complexity index is 737. The quantitative estimate of drug-likeness (QED) is 0.748. The van der Waals surface area contributed by atoms with Crippen LogP contribution in [0.15, 0.2) is 15.9 Å². The van der Waals surface area contributed by atoms with E-state index in [1.807, 2.05) is 0 Å². The van der Waals surface area contributed by atoms with E-state index >= 15 is 0 Å². The fourth-order valence-corrected chi connectivity index (χ4v) is 1.80. The third-order valence-corrected chi connectivity index (χ3v) is 2.75. The SMILES string of the molecule is Cn1cnc2c1c(=O)n(CCC(=O)O)c(=O)n2C. The average Bonchev–Trinajstić information content (AvgIpc) is 2.68. The molecule has 0 saturated carbocycles. The molecule has 2 aromatic heterocycles. The van der Waals surface area contributed by atoms with Crippen molar-refractivity contribution in [3.05, 3.63) is 27.2 Å². The number of carboxylic acids is 1. The largest absolute Gasteiger partial charge is 0.481 e. The Morgan fingerprint density at radius 1 is 1.39 bits per heavy atom. The minimum absolute atomic E-state index is 0.151. The lowest BCUT2D eigenvalue weighted by molar-refractivity contribution is -0.137. The van der Waals surface area contributed by atoms with Crippen molar-refractivity contribution in [1.82, 2.24) is 18.7 Å². The van der Waals surface area contributed by atoms with Crippen LogP contribution >= 0.6 is 0 Å². The number of nitrogens with zero attached hydrogens (tertiary/aromatic N) is 4. The highest BCUT2D eigenvalue weighted by molar-refractivity contribution is 5.70. The summed E-state index contributed by atoms with van der Waals surface area (Å²) in [5.41, 5.74) is -0.511. The van der Waals surface area contributed by atoms with Gasteiger partial charge in [-0.3, -0.25) is 18.7 Å². The van der Waals surface area contributed by atoms with Gasteiger partial charge < -0.3 is 9.67 Å². The van der Waals surface area contributed by atoms with Gasteiger partial charge in [-0.15, -0.1) is 0 Å². The van der Waals surface area contributed by atoms with Crippen molar-refractivity contribution in [3.63, 3.8) is 0 Å². The number of aliphatic carboxylic acids is 1. The average molecular weight is 252 g/mol. The van der Waals surface area contributed by atoms with E-state index in [1.54, 1.807) is 7.05 Å². The van der Waals surface area contributed by atoms with E-state index in [9.17, 15) is 14.4 Å². The number of hydrogen-bond acceptors (Lipinski definition) is 4. The fourth-order valence-electron chi connectivity index (χ4n) is 1.80. The lowest BCUT2D eigenvalue weighted by atomic mass is 10.4. The fraction of sp³-hybridized carbons (Fsp3) is 0.400. The summed E-state index contributed by atoms with van der Waals surface area (Å²) < 4.78 is 3.66. The van der Waals surface area contributed by atoms with Crippen LogP contribution in [0, 0.1) is 0 Å². The molecule has 2 rings (SSSR count). The molecule has 2 aromatic rings. The number of aromatic nitrogens is 4. The molecule has 8 heteroatoms. The molecule has 0 spiro atoms. The first-order chi connectivity index (χ1) is 8.43. The number of hydrogen-bond donors (Lipinski definition) is 1. The predicted octanol–water partition coefficient (Wildman–Crippen LogP) is -1.09. The van der Waals surface area contributed by atoms with Gasteiger partial charge in [0, 0.05) is 20.6 Å². The van der Waals surface area contributed by atoms with Crippen LogP contribution in [-0.4, -0.2) is 29.8 Å². The molecule has 96 valence electrons. The normalized spacial score (nSPS) is 11.0. The van der Waals surface area contributed by atoms with E-state index in [-0.39, 0.29) is 18.5 Å². The van der Waals surface area contributed by atoms with Crippen LogP contribution in [-0.2, 0) is 25.4 Å². The standard InChI is InChI=1S/C10H12N4O4/c1-12-5-11-8-7(12)9(17)14(4-3-6(15)16)10(18)13(8)2/h5H,3-4H2,1-2H3,(H,15,16). The summed E-state index contributed by atoms with van der Waals surface area (Å²) in [7, 11) is 3.14. The smallest absolute Gasteiger partial charge is 0.332 e. The second-order valence-corrected chi connectivity index (χ2v) is 3.97. The summed E-state index contributed by atoms with van der Waals surface area (Å²) in [6.07, 6.45) is 1.16. The van der Waals surface area contributed by atoms with Crippen molar-refractivity contribution in [2.75, 3.05) is 0 Å². The first-order valence-electron chi connectivity index (χ1n) is 5.26. The van der Waals surface area contributed by atoms with Crippen molar-refractivity contribution in [3.8, 4) is 0 Å². The van der Waals surface area contributed by atoms with Crippen molar-refractivity contribution in [2.45, 2.75) is 13.0 Å². The van der Waals surface area contributed by atoms with Crippen molar-refractivity contribution in [1.29, 1.82) is 0 Å². The third kappa shape index (κ3) is 1.71. The summed E-state index contributed by atoms with van der Waals surface area (Å²) in [6, 6.07) is 0. The number of carbonyl (C=O) groups is 1. The Morgan fingerprint density at radius 3 is 2.67 bits per heavy atom. The molecule has 8 nitrogen and oxygen atoms in total. The highest BCUT2D eigenvalue weighted by Gasteiger charge is 2.15. The van der Waals surface area contributed by atoms with E-state index < -0.39 is 17.2 Å². The van der Waals surface area contributed by atoms with Crippen LogP contribution in [0.25, 0.3) is 11.2 Å². The van der Waals surface area contributed by atoms with Crippen LogP contribution in [0.4, 0.5) is 0 Å². The maximum absolute atomic E-state index is 12.1. The summed E-state index contributed by atoms with van der Waals surface area (Å²) in [4.78, 5) is 38.5. The van der Waals surface area contributed by atoms with Crippen LogP contribution in [0.1, 0.15) is 6.42 Å². The zero-order valence-corrected chi connectivity index (χ0v) is 9.95. The zero-order valence-electron chi connectivity index (χ0n) is 9.95. The maximum atomic E-state index is 12.1. The Labute approximate surface area is 101 Å². The van der Waals surface area contributed by atoms with Gasteiger partial charge in [-0.2, -0.15) is 0 Å². The molecule has 0 aliphatic carbocycles. The van der Waals surface area contributed by atoms with Crippen molar-refractivity contribution in [2.24, 2.45) is 14.1 Å². The summed E-state index contributed by atoms with van der Waals surface area (Å²) in [6.45, 7) is -0.151. The molecule has 0 unspecified atom stereocenters. The van der Waals surface area contributed by atoms with Gasteiger partial charge in [0.2, 0.25) is 0 Å². The lowest BCUT2D eigenvalue weighted by Crippen LogP contribution is -2.40. The second kappa shape index (κ2) is 4.13. The monoisotopic (exact) mass is 252 g/mol. The molecule has 0 fully saturated rings. The van der Waals surface area contributed by atoms with E-state index in [4.69, 9.17) is 5.11 Å². The molecular weight excluding hydrogens is 240 g/mol. The van der Waals surface area contributed by atoms with Crippen molar-refractivity contribution >= 4 is 17.1 Å². The van der Waals surface area contributed by atoms with Crippen molar-refractivity contribution < 1.29 is 9.90 Å². The molecular formula is C10H12N4O4. The second-order valence-electron chi connectivity index (χ2n) is 3.97.